The van der Waals surface area contributed by atoms with E-state index < -0.39 is 0 Å². The van der Waals surface area contributed by atoms with Gasteiger partial charge in [0.15, 0.2) is 0 Å². The molecule has 2 nitrogen and oxygen atoms in total. The molecular weight excluding hydrogens is 309 g/mol. The first-order valence-corrected chi connectivity index (χ1v) is 4.46. The maximum Gasteiger partial charge on any atom is 0.140 e. The van der Waals surface area contributed by atoms with Crippen LogP contribution in [0, 0.1) is 0 Å². The normalized spacial score (nSPS) is 9.40. The Morgan fingerprint density at radius 1 is 1.50 bits per heavy atom. The summed E-state index contributed by atoms with van der Waals surface area (Å²) < 4.78 is 3.70. The summed E-state index contributed by atoms with van der Waals surface area (Å²) in [7, 11) is 0. The maximum absolute atomic E-state index is 9.19. The minimum Gasteiger partial charge on any atom is -0.506 e. The zero-order valence-electron chi connectivity index (χ0n) is 4.94. The highest BCUT2D eigenvalue weighted by Gasteiger charge is 1.97. The van der Waals surface area contributed by atoms with Gasteiger partial charge in [0.2, 0.25) is 0 Å². The number of halogens is 2. The molecule has 0 unspecified atom stereocenters. The van der Waals surface area contributed by atoms with Crippen molar-refractivity contribution in [2.24, 2.45) is 0 Å². The van der Waals surface area contributed by atoms with Crippen molar-refractivity contribution in [2.75, 3.05) is 3.53 Å². The van der Waals surface area contributed by atoms with E-state index in [1.807, 2.05) is 28.9 Å². The fourth-order valence-corrected chi connectivity index (χ4v) is 1.39. The van der Waals surface area contributed by atoms with Gasteiger partial charge in [0.25, 0.3) is 0 Å². The Hall–Kier alpha value is 0.0300. The lowest BCUT2D eigenvalue weighted by Crippen LogP contribution is -1.78. The number of aromatic hydroxyl groups is 1. The number of anilines is 1. The third-order valence-corrected chi connectivity index (χ3v) is 2.14. The summed E-state index contributed by atoms with van der Waals surface area (Å²) in [6.45, 7) is 0. The Morgan fingerprint density at radius 3 is 2.70 bits per heavy atom. The van der Waals surface area contributed by atoms with E-state index in [1.165, 1.54) is 0 Å². The van der Waals surface area contributed by atoms with Gasteiger partial charge >= 0.3 is 0 Å². The number of hydrogen-bond acceptors (Lipinski definition) is 2. The van der Waals surface area contributed by atoms with Crippen molar-refractivity contribution < 1.29 is 5.11 Å². The molecule has 0 bridgehead atoms. The van der Waals surface area contributed by atoms with Crippen LogP contribution in [-0.4, -0.2) is 5.11 Å². The average Bonchev–Trinajstić information content (AvgIpc) is 1.88. The molecule has 0 aromatic heterocycles. The van der Waals surface area contributed by atoms with Crippen LogP contribution in [0.4, 0.5) is 5.69 Å². The van der Waals surface area contributed by atoms with E-state index in [0.717, 1.165) is 10.2 Å². The topological polar surface area (TPSA) is 32.3 Å². The van der Waals surface area contributed by atoms with E-state index in [-0.39, 0.29) is 5.75 Å². The lowest BCUT2D eigenvalue weighted by atomic mass is 10.3. The largest absolute Gasteiger partial charge is 0.506 e. The monoisotopic (exact) mass is 313 g/mol. The second-order valence-electron chi connectivity index (χ2n) is 1.76. The highest BCUT2D eigenvalue weighted by atomic mass is 127. The smallest absolute Gasteiger partial charge is 0.140 e. The van der Waals surface area contributed by atoms with E-state index >= 15 is 0 Å². The fourth-order valence-electron chi connectivity index (χ4n) is 0.585. The predicted molar refractivity (Wildman–Crippen MR) is 53.4 cm³/mol. The number of nitrogens with one attached hydrogen (secondary N) is 1. The molecule has 0 saturated heterocycles. The highest BCUT2D eigenvalue weighted by Crippen LogP contribution is 2.27. The first-order chi connectivity index (χ1) is 4.74. The van der Waals surface area contributed by atoms with Crippen LogP contribution in [0.25, 0.3) is 0 Å². The van der Waals surface area contributed by atoms with E-state index in [9.17, 15) is 5.11 Å². The Balaban J connectivity index is 3.07. The number of rotatable bonds is 1. The molecule has 0 fully saturated rings. The van der Waals surface area contributed by atoms with E-state index in [4.69, 9.17) is 0 Å². The van der Waals surface area contributed by atoms with E-state index in [2.05, 4.69) is 19.5 Å². The van der Waals surface area contributed by atoms with Crippen LogP contribution < -0.4 is 3.53 Å². The van der Waals surface area contributed by atoms with E-state index in [1.54, 1.807) is 12.1 Å². The molecule has 0 heterocycles. The molecule has 1 rings (SSSR count). The van der Waals surface area contributed by atoms with Crippen molar-refractivity contribution in [1.29, 1.82) is 0 Å². The molecule has 2 N–H and O–H groups in total. The maximum atomic E-state index is 9.19. The van der Waals surface area contributed by atoms with Gasteiger partial charge in [-0.1, -0.05) is 15.9 Å². The molecular formula is C6H5BrINO. The molecule has 0 aliphatic carbocycles. The van der Waals surface area contributed by atoms with Crippen LogP contribution in [0.3, 0.4) is 0 Å². The molecule has 0 spiro atoms. The first-order valence-electron chi connectivity index (χ1n) is 2.59. The van der Waals surface area contributed by atoms with Crippen molar-refractivity contribution >= 4 is 44.5 Å². The lowest BCUT2D eigenvalue weighted by Gasteiger charge is -2.00. The Morgan fingerprint density at radius 2 is 2.20 bits per heavy atom. The molecule has 0 amide bonds. The Kier molecular flexibility index (Phi) is 2.79. The molecule has 10 heavy (non-hydrogen) atoms. The van der Waals surface area contributed by atoms with Crippen LogP contribution in [0.1, 0.15) is 0 Å². The SMILES string of the molecule is Oc1cc(Br)ccc1NI. The third kappa shape index (κ3) is 1.76. The van der Waals surface area contributed by atoms with Crippen molar-refractivity contribution in [3.63, 3.8) is 0 Å². The van der Waals surface area contributed by atoms with Crippen molar-refractivity contribution in [1.82, 2.24) is 0 Å². The van der Waals surface area contributed by atoms with Gasteiger partial charge in [-0.05, 0) is 18.2 Å². The standard InChI is InChI=1S/C6H5BrINO/c7-4-1-2-5(9-8)6(10)3-4/h1-3,9-10H. The molecule has 0 aliphatic heterocycles. The second kappa shape index (κ2) is 3.43. The summed E-state index contributed by atoms with van der Waals surface area (Å²) in [4.78, 5) is 0. The van der Waals surface area contributed by atoms with Gasteiger partial charge in [0.1, 0.15) is 5.75 Å². The van der Waals surface area contributed by atoms with E-state index in [0.29, 0.717) is 0 Å². The summed E-state index contributed by atoms with van der Waals surface area (Å²) in [5.74, 6) is 0.253. The molecule has 0 radical (unpaired) electrons. The molecule has 4 heteroatoms. The minimum atomic E-state index is 0.253. The van der Waals surface area contributed by atoms with Gasteiger partial charge in [-0.25, -0.2) is 0 Å². The molecule has 0 atom stereocenters. The molecule has 1 aromatic carbocycles. The molecule has 1 aromatic rings. The molecule has 0 aliphatic rings. The number of phenols is 1. The highest BCUT2D eigenvalue weighted by molar-refractivity contribution is 14.1. The lowest BCUT2D eigenvalue weighted by molar-refractivity contribution is 0.478. The minimum absolute atomic E-state index is 0.253. The number of benzene rings is 1. The van der Waals surface area contributed by atoms with Gasteiger partial charge in [-0.2, -0.15) is 0 Å². The van der Waals surface area contributed by atoms with Crippen molar-refractivity contribution in [3.8, 4) is 5.75 Å². The Labute approximate surface area is 81.3 Å². The summed E-state index contributed by atoms with van der Waals surface area (Å²) >= 11 is 5.20. The van der Waals surface area contributed by atoms with Gasteiger partial charge in [0, 0.05) is 4.47 Å². The summed E-state index contributed by atoms with van der Waals surface area (Å²) in [5, 5.41) is 9.19. The second-order valence-corrected chi connectivity index (χ2v) is 3.21. The average molecular weight is 314 g/mol. The summed E-state index contributed by atoms with van der Waals surface area (Å²) in [6, 6.07) is 5.30. The zero-order valence-corrected chi connectivity index (χ0v) is 8.68. The van der Waals surface area contributed by atoms with Crippen LogP contribution >= 0.6 is 38.8 Å². The van der Waals surface area contributed by atoms with Gasteiger partial charge in [-0.15, -0.1) is 0 Å². The Bertz CT molecular complexity index is 241. The van der Waals surface area contributed by atoms with Gasteiger partial charge in [-0.3, -0.25) is 0 Å². The van der Waals surface area contributed by atoms with Crippen LogP contribution in [0.5, 0.6) is 5.75 Å². The summed E-state index contributed by atoms with van der Waals surface area (Å²) in [6.07, 6.45) is 0. The van der Waals surface area contributed by atoms with Gasteiger partial charge < -0.3 is 8.64 Å². The van der Waals surface area contributed by atoms with Crippen LogP contribution in [0.15, 0.2) is 22.7 Å². The molecule has 0 saturated carbocycles. The van der Waals surface area contributed by atoms with Crippen LogP contribution in [0.2, 0.25) is 0 Å². The van der Waals surface area contributed by atoms with Gasteiger partial charge in [0.05, 0.1) is 28.6 Å². The third-order valence-electron chi connectivity index (χ3n) is 1.06. The predicted octanol–water partition coefficient (Wildman–Crippen LogP) is 2.92. The van der Waals surface area contributed by atoms with Crippen molar-refractivity contribution in [3.05, 3.63) is 22.7 Å². The first kappa shape index (κ1) is 8.13. The van der Waals surface area contributed by atoms with Crippen molar-refractivity contribution in [2.45, 2.75) is 0 Å². The number of phenolic OH excluding ortho intramolecular Hbond substituents is 1. The summed E-state index contributed by atoms with van der Waals surface area (Å²) in [5.41, 5.74) is 0.726. The van der Waals surface area contributed by atoms with Crippen LogP contribution in [-0.2, 0) is 0 Å². The quantitative estimate of drug-likeness (QED) is 0.475. The zero-order chi connectivity index (χ0) is 7.56. The molecule has 54 valence electrons. The number of hydrogen-bond donors (Lipinski definition) is 2. The fraction of sp³-hybridized carbons (Fsp3) is 0.